The van der Waals surface area contributed by atoms with Crippen molar-refractivity contribution in [2.45, 2.75) is 27.2 Å². The van der Waals surface area contributed by atoms with Gasteiger partial charge in [0.2, 0.25) is 0 Å². The number of hydrogen-bond acceptors (Lipinski definition) is 2. The molecule has 0 bridgehead atoms. The summed E-state index contributed by atoms with van der Waals surface area (Å²) < 4.78 is 13.1. The maximum Gasteiger partial charge on any atom is 0.145 e. The molecule has 0 aliphatic carbocycles. The topological polar surface area (TPSA) is 33.1 Å². The highest BCUT2D eigenvalue weighted by molar-refractivity contribution is 5.89. The monoisotopic (exact) mass is 297 g/mol. The van der Waals surface area contributed by atoms with Gasteiger partial charge < -0.3 is 5.11 Å². The maximum atomic E-state index is 13.1. The smallest absolute Gasteiger partial charge is 0.145 e. The highest BCUT2D eigenvalue weighted by atomic mass is 19.1. The Bertz CT molecular complexity index is 794. The quantitative estimate of drug-likeness (QED) is 0.677. The molecule has 1 heterocycles. The molecule has 3 rings (SSSR count). The van der Waals surface area contributed by atoms with Crippen molar-refractivity contribution >= 4 is 10.9 Å². The number of nitrogens with zero attached hydrogens (tertiary/aromatic N) is 1. The minimum Gasteiger partial charge on any atom is -0.505 e. The van der Waals surface area contributed by atoms with Gasteiger partial charge in [-0.2, -0.15) is 0 Å². The number of aromatic nitrogens is 1. The Kier molecular flexibility index (Phi) is 4.45. The average Bonchev–Trinajstić information content (AvgIpc) is 2.47. The van der Waals surface area contributed by atoms with Crippen LogP contribution in [0.3, 0.4) is 0 Å². The minimum absolute atomic E-state index is 0. The Morgan fingerprint density at radius 2 is 1.64 bits per heavy atom. The Labute approximate surface area is 130 Å². The van der Waals surface area contributed by atoms with Crippen molar-refractivity contribution in [3.05, 3.63) is 59.9 Å². The van der Waals surface area contributed by atoms with Crippen LogP contribution in [0.5, 0.6) is 5.75 Å². The lowest BCUT2D eigenvalue weighted by Gasteiger charge is -2.15. The van der Waals surface area contributed by atoms with Gasteiger partial charge in [0.25, 0.3) is 0 Å². The summed E-state index contributed by atoms with van der Waals surface area (Å²) in [5.74, 6) is 0.0375. The Morgan fingerprint density at radius 1 is 1.00 bits per heavy atom. The van der Waals surface area contributed by atoms with Crippen molar-refractivity contribution in [1.82, 2.24) is 4.98 Å². The first kappa shape index (κ1) is 16.0. The largest absolute Gasteiger partial charge is 0.505 e. The van der Waals surface area contributed by atoms with Gasteiger partial charge in [-0.1, -0.05) is 39.5 Å². The highest BCUT2D eigenvalue weighted by Gasteiger charge is 2.17. The molecule has 1 N–H and O–H groups in total. The lowest BCUT2D eigenvalue weighted by molar-refractivity contribution is 0.466. The number of fused-ring (bicyclic) bond motifs is 1. The van der Waals surface area contributed by atoms with Crippen molar-refractivity contribution in [2.24, 2.45) is 0 Å². The van der Waals surface area contributed by atoms with Crippen LogP contribution in [0.4, 0.5) is 4.39 Å². The van der Waals surface area contributed by atoms with Crippen LogP contribution in [0, 0.1) is 5.82 Å². The molecule has 0 saturated heterocycles. The number of pyridine rings is 1. The number of halogens is 1. The zero-order chi connectivity index (χ0) is 15.0. The predicted molar refractivity (Wildman–Crippen MR) is 89.6 cm³/mol. The summed E-state index contributed by atoms with van der Waals surface area (Å²) in [5.41, 5.74) is 2.91. The standard InChI is InChI=1S/C18H16FNO.CH4/c1-11(2)16-14-5-3-4-6-15(14)20-17(18(16)21)12-7-9-13(19)10-8-12;/h3-11,21H,1-2H3;1H4. The van der Waals surface area contributed by atoms with E-state index in [-0.39, 0.29) is 24.9 Å². The Hall–Kier alpha value is -2.42. The van der Waals surface area contributed by atoms with Crippen LogP contribution in [0.2, 0.25) is 0 Å². The van der Waals surface area contributed by atoms with Crippen molar-refractivity contribution in [1.29, 1.82) is 0 Å². The fourth-order valence-corrected chi connectivity index (χ4v) is 2.62. The molecule has 0 radical (unpaired) electrons. The van der Waals surface area contributed by atoms with Crippen molar-refractivity contribution < 1.29 is 9.50 Å². The summed E-state index contributed by atoms with van der Waals surface area (Å²) in [5, 5.41) is 11.6. The first-order valence-electron chi connectivity index (χ1n) is 6.95. The first-order chi connectivity index (χ1) is 10.1. The van der Waals surface area contributed by atoms with Gasteiger partial charge in [-0.15, -0.1) is 0 Å². The molecule has 0 spiro atoms. The number of hydrogen-bond donors (Lipinski definition) is 1. The van der Waals surface area contributed by atoms with Crippen LogP contribution in [-0.4, -0.2) is 10.1 Å². The van der Waals surface area contributed by atoms with Crippen LogP contribution in [0.25, 0.3) is 22.2 Å². The maximum absolute atomic E-state index is 13.1. The molecule has 3 aromatic rings. The van der Waals surface area contributed by atoms with E-state index in [1.165, 1.54) is 12.1 Å². The lowest BCUT2D eigenvalue weighted by atomic mass is 9.95. The molecular weight excluding hydrogens is 277 g/mol. The van der Waals surface area contributed by atoms with Crippen LogP contribution in [0.15, 0.2) is 48.5 Å². The third-order valence-corrected chi connectivity index (χ3v) is 3.60. The van der Waals surface area contributed by atoms with E-state index in [9.17, 15) is 9.50 Å². The van der Waals surface area contributed by atoms with Gasteiger partial charge in [0.1, 0.15) is 17.3 Å². The molecule has 2 aromatic carbocycles. The molecule has 22 heavy (non-hydrogen) atoms. The van der Waals surface area contributed by atoms with E-state index >= 15 is 0 Å². The second-order valence-electron chi connectivity index (χ2n) is 5.40. The van der Waals surface area contributed by atoms with Gasteiger partial charge in [-0.05, 0) is 36.2 Å². The van der Waals surface area contributed by atoms with E-state index in [0.717, 1.165) is 16.5 Å². The van der Waals surface area contributed by atoms with Crippen LogP contribution < -0.4 is 0 Å². The number of aromatic hydroxyl groups is 1. The summed E-state index contributed by atoms with van der Waals surface area (Å²) in [6, 6.07) is 13.8. The molecule has 3 heteroatoms. The van der Waals surface area contributed by atoms with E-state index in [1.807, 2.05) is 38.1 Å². The molecule has 2 nitrogen and oxygen atoms in total. The summed E-state index contributed by atoms with van der Waals surface area (Å²) in [4.78, 5) is 4.55. The molecule has 0 atom stereocenters. The minimum atomic E-state index is -0.303. The third-order valence-electron chi connectivity index (χ3n) is 3.60. The zero-order valence-corrected chi connectivity index (χ0v) is 12.0. The van der Waals surface area contributed by atoms with Crippen molar-refractivity contribution in [3.8, 4) is 17.0 Å². The van der Waals surface area contributed by atoms with Gasteiger partial charge in [0, 0.05) is 16.5 Å². The normalized spacial score (nSPS) is 10.7. The van der Waals surface area contributed by atoms with E-state index < -0.39 is 0 Å². The third kappa shape index (κ3) is 2.67. The number of benzene rings is 2. The van der Waals surface area contributed by atoms with Gasteiger partial charge in [-0.25, -0.2) is 9.37 Å². The summed E-state index contributed by atoms with van der Waals surface area (Å²) in [7, 11) is 0. The van der Waals surface area contributed by atoms with Gasteiger partial charge in [-0.3, -0.25) is 0 Å². The van der Waals surface area contributed by atoms with Crippen molar-refractivity contribution in [2.75, 3.05) is 0 Å². The molecule has 0 fully saturated rings. The van der Waals surface area contributed by atoms with E-state index in [2.05, 4.69) is 4.98 Å². The summed E-state index contributed by atoms with van der Waals surface area (Å²) >= 11 is 0. The Morgan fingerprint density at radius 3 is 2.27 bits per heavy atom. The average molecular weight is 297 g/mol. The van der Waals surface area contributed by atoms with Crippen LogP contribution >= 0.6 is 0 Å². The SMILES string of the molecule is C.CC(C)c1c(O)c(-c2ccc(F)cc2)nc2ccccc12. The molecule has 1 aromatic heterocycles. The summed E-state index contributed by atoms with van der Waals surface area (Å²) in [6.07, 6.45) is 0. The second kappa shape index (κ2) is 6.14. The fraction of sp³-hybridized carbons (Fsp3) is 0.211. The van der Waals surface area contributed by atoms with Gasteiger partial charge in [0.15, 0.2) is 0 Å². The molecule has 0 amide bonds. The number of para-hydroxylation sites is 1. The number of rotatable bonds is 2. The highest BCUT2D eigenvalue weighted by Crippen LogP contribution is 2.39. The van der Waals surface area contributed by atoms with Crippen LogP contribution in [-0.2, 0) is 0 Å². The lowest BCUT2D eigenvalue weighted by Crippen LogP contribution is -1.96. The van der Waals surface area contributed by atoms with E-state index in [0.29, 0.717) is 11.3 Å². The van der Waals surface area contributed by atoms with Crippen LogP contribution in [0.1, 0.15) is 32.8 Å². The molecule has 0 aliphatic heterocycles. The molecule has 0 unspecified atom stereocenters. The fourth-order valence-electron chi connectivity index (χ4n) is 2.62. The molecule has 0 aliphatic rings. The molecule has 114 valence electrons. The summed E-state index contributed by atoms with van der Waals surface area (Å²) in [6.45, 7) is 4.08. The molecular formula is C19H20FNO. The van der Waals surface area contributed by atoms with Gasteiger partial charge in [0.05, 0.1) is 5.52 Å². The Balaban J connectivity index is 0.00000176. The van der Waals surface area contributed by atoms with E-state index in [4.69, 9.17) is 0 Å². The molecule has 0 saturated carbocycles. The zero-order valence-electron chi connectivity index (χ0n) is 12.0. The van der Waals surface area contributed by atoms with Crippen molar-refractivity contribution in [3.63, 3.8) is 0 Å². The first-order valence-corrected chi connectivity index (χ1v) is 6.95. The predicted octanol–water partition coefficient (Wildman–Crippen LogP) is 5.51. The second-order valence-corrected chi connectivity index (χ2v) is 5.40. The van der Waals surface area contributed by atoms with Gasteiger partial charge >= 0.3 is 0 Å². The van der Waals surface area contributed by atoms with E-state index in [1.54, 1.807) is 12.1 Å².